The zero-order valence-corrected chi connectivity index (χ0v) is 19.0. The first-order chi connectivity index (χ1) is 15.1. The Morgan fingerprint density at radius 1 is 1.16 bits per heavy atom. The number of piperidine rings is 1. The van der Waals surface area contributed by atoms with Crippen molar-refractivity contribution in [3.8, 4) is 11.5 Å². The molecule has 0 saturated carbocycles. The molecule has 0 aromatic heterocycles. The minimum Gasteiger partial charge on any atom is -0.494 e. The van der Waals surface area contributed by atoms with Crippen LogP contribution in [0.3, 0.4) is 0 Å². The summed E-state index contributed by atoms with van der Waals surface area (Å²) in [6.45, 7) is 6.36. The van der Waals surface area contributed by atoms with Gasteiger partial charge in [-0.25, -0.2) is 0 Å². The zero-order valence-electron chi connectivity index (χ0n) is 18.2. The number of amides is 1. The maximum absolute atomic E-state index is 12.1. The molecular formula is C24H31ClN2O4. The van der Waals surface area contributed by atoms with Crippen molar-refractivity contribution in [3.63, 3.8) is 0 Å². The molecule has 2 aromatic carbocycles. The van der Waals surface area contributed by atoms with Gasteiger partial charge in [0.2, 0.25) is 0 Å². The Morgan fingerprint density at radius 2 is 1.94 bits per heavy atom. The summed E-state index contributed by atoms with van der Waals surface area (Å²) in [6.07, 6.45) is 1.95. The van der Waals surface area contributed by atoms with Gasteiger partial charge < -0.3 is 19.5 Å². The third kappa shape index (κ3) is 6.86. The highest BCUT2D eigenvalue weighted by atomic mass is 35.5. The highest BCUT2D eigenvalue weighted by Crippen LogP contribution is 2.29. The smallest absolute Gasteiger partial charge is 0.251 e. The van der Waals surface area contributed by atoms with Crippen molar-refractivity contribution in [3.05, 3.63) is 58.6 Å². The zero-order chi connectivity index (χ0) is 22.1. The van der Waals surface area contributed by atoms with E-state index in [9.17, 15) is 4.79 Å². The van der Waals surface area contributed by atoms with Crippen LogP contribution >= 0.6 is 11.6 Å². The maximum Gasteiger partial charge on any atom is 0.251 e. The van der Waals surface area contributed by atoms with Crippen LogP contribution in [0.4, 0.5) is 0 Å². The van der Waals surface area contributed by atoms with Crippen molar-refractivity contribution in [2.75, 3.05) is 40.0 Å². The summed E-state index contributed by atoms with van der Waals surface area (Å²) in [5, 5.41) is 3.24. The molecule has 1 amide bonds. The Balaban J connectivity index is 1.50. The lowest BCUT2D eigenvalue weighted by atomic mass is 10.1. The highest BCUT2D eigenvalue weighted by Gasteiger charge is 2.22. The number of carbonyl (C=O) groups excluding carboxylic acids is 1. The van der Waals surface area contributed by atoms with E-state index in [0.29, 0.717) is 36.1 Å². The lowest BCUT2D eigenvalue weighted by Crippen LogP contribution is -2.37. The number of halogens is 1. The number of para-hydroxylation sites is 1. The number of methoxy groups -OCH3 is 1. The summed E-state index contributed by atoms with van der Waals surface area (Å²) in [7, 11) is 1.60. The van der Waals surface area contributed by atoms with E-state index in [-0.39, 0.29) is 12.0 Å². The standard InChI is InChI=1S/C24H31ClN2O4/c1-3-30-22-7-5-4-6-19(22)17-27-13-10-20(11-14-27)31-23-9-8-18(16-21(23)25)24(28)26-12-15-29-2/h4-9,16,20H,3,10-15,17H2,1-2H3,(H,26,28). The molecule has 1 heterocycles. The van der Waals surface area contributed by atoms with Gasteiger partial charge in [-0.3, -0.25) is 9.69 Å². The molecule has 7 heteroatoms. The summed E-state index contributed by atoms with van der Waals surface area (Å²) < 4.78 is 16.8. The van der Waals surface area contributed by atoms with E-state index in [4.69, 9.17) is 25.8 Å². The number of benzene rings is 2. The Labute approximate surface area is 189 Å². The summed E-state index contributed by atoms with van der Waals surface area (Å²) >= 11 is 6.38. The average molecular weight is 447 g/mol. The predicted molar refractivity (Wildman–Crippen MR) is 122 cm³/mol. The van der Waals surface area contributed by atoms with Crippen LogP contribution in [-0.2, 0) is 11.3 Å². The van der Waals surface area contributed by atoms with Crippen LogP contribution in [0.5, 0.6) is 11.5 Å². The number of nitrogens with one attached hydrogen (secondary N) is 1. The minimum atomic E-state index is -0.175. The molecule has 0 radical (unpaired) electrons. The Morgan fingerprint density at radius 3 is 2.65 bits per heavy atom. The third-order valence-electron chi connectivity index (χ3n) is 5.28. The number of likely N-dealkylation sites (tertiary alicyclic amines) is 1. The van der Waals surface area contributed by atoms with Crippen LogP contribution in [-0.4, -0.2) is 56.9 Å². The number of nitrogens with zero attached hydrogens (tertiary/aromatic N) is 1. The van der Waals surface area contributed by atoms with Crippen LogP contribution in [0.1, 0.15) is 35.7 Å². The minimum absolute atomic E-state index is 0.109. The fraction of sp³-hybridized carbons (Fsp3) is 0.458. The monoisotopic (exact) mass is 446 g/mol. The molecule has 0 spiro atoms. The second-order valence-corrected chi connectivity index (χ2v) is 7.94. The van der Waals surface area contributed by atoms with Gasteiger partial charge in [0, 0.05) is 44.4 Å². The van der Waals surface area contributed by atoms with Crippen molar-refractivity contribution >= 4 is 17.5 Å². The summed E-state index contributed by atoms with van der Waals surface area (Å²) in [5.74, 6) is 1.41. The molecule has 1 aliphatic heterocycles. The van der Waals surface area contributed by atoms with Gasteiger partial charge >= 0.3 is 0 Å². The fourth-order valence-electron chi connectivity index (χ4n) is 3.64. The largest absolute Gasteiger partial charge is 0.494 e. The fourth-order valence-corrected chi connectivity index (χ4v) is 3.87. The Bertz CT molecular complexity index is 853. The van der Waals surface area contributed by atoms with Crippen LogP contribution in [0.15, 0.2) is 42.5 Å². The lowest BCUT2D eigenvalue weighted by molar-refractivity contribution is 0.0935. The first kappa shape index (κ1) is 23.4. The number of carbonyl (C=O) groups is 1. The van der Waals surface area contributed by atoms with E-state index in [0.717, 1.165) is 38.2 Å². The van der Waals surface area contributed by atoms with Gasteiger partial charge in [-0.1, -0.05) is 29.8 Å². The molecule has 168 valence electrons. The molecule has 1 saturated heterocycles. The number of ether oxygens (including phenoxy) is 3. The van der Waals surface area contributed by atoms with Crippen LogP contribution in [0.25, 0.3) is 0 Å². The van der Waals surface area contributed by atoms with Crippen molar-refractivity contribution < 1.29 is 19.0 Å². The van der Waals surface area contributed by atoms with Gasteiger partial charge in [-0.2, -0.15) is 0 Å². The van der Waals surface area contributed by atoms with Gasteiger partial charge in [-0.05, 0) is 44.0 Å². The number of hydrogen-bond acceptors (Lipinski definition) is 5. The van der Waals surface area contributed by atoms with Gasteiger partial charge in [0.25, 0.3) is 5.91 Å². The molecule has 0 atom stereocenters. The molecule has 0 bridgehead atoms. The molecule has 3 rings (SSSR count). The molecule has 0 aliphatic carbocycles. The van der Waals surface area contributed by atoms with Gasteiger partial charge in [0.15, 0.2) is 0 Å². The summed E-state index contributed by atoms with van der Waals surface area (Å²) in [5.41, 5.74) is 1.72. The van der Waals surface area contributed by atoms with Gasteiger partial charge in [0.1, 0.15) is 17.6 Å². The van der Waals surface area contributed by atoms with Crippen molar-refractivity contribution in [2.24, 2.45) is 0 Å². The van der Waals surface area contributed by atoms with Crippen LogP contribution < -0.4 is 14.8 Å². The van der Waals surface area contributed by atoms with E-state index >= 15 is 0 Å². The lowest BCUT2D eigenvalue weighted by Gasteiger charge is -2.32. The first-order valence-electron chi connectivity index (χ1n) is 10.8. The SMILES string of the molecule is CCOc1ccccc1CN1CCC(Oc2ccc(C(=O)NCCOC)cc2Cl)CC1. The normalized spacial score (nSPS) is 14.9. The Kier molecular flexibility index (Phi) is 9.00. The van der Waals surface area contributed by atoms with E-state index in [1.54, 1.807) is 25.3 Å². The van der Waals surface area contributed by atoms with Gasteiger partial charge in [-0.15, -0.1) is 0 Å². The first-order valence-corrected chi connectivity index (χ1v) is 11.1. The van der Waals surface area contributed by atoms with E-state index < -0.39 is 0 Å². The molecule has 1 N–H and O–H groups in total. The van der Waals surface area contributed by atoms with Crippen LogP contribution in [0, 0.1) is 0 Å². The topological polar surface area (TPSA) is 60.0 Å². The predicted octanol–water partition coefficient (Wildman–Crippen LogP) is 4.16. The molecule has 1 aliphatic rings. The second kappa shape index (κ2) is 11.9. The highest BCUT2D eigenvalue weighted by molar-refractivity contribution is 6.32. The molecule has 1 fully saturated rings. The molecular weight excluding hydrogens is 416 g/mol. The van der Waals surface area contributed by atoms with Crippen molar-refractivity contribution in [1.82, 2.24) is 10.2 Å². The second-order valence-electron chi connectivity index (χ2n) is 7.53. The maximum atomic E-state index is 12.1. The third-order valence-corrected chi connectivity index (χ3v) is 5.58. The number of hydrogen-bond donors (Lipinski definition) is 1. The van der Waals surface area contributed by atoms with E-state index in [1.807, 2.05) is 19.1 Å². The summed E-state index contributed by atoms with van der Waals surface area (Å²) in [6, 6.07) is 13.4. The van der Waals surface area contributed by atoms with E-state index in [2.05, 4.69) is 22.3 Å². The Hall–Kier alpha value is -2.28. The summed E-state index contributed by atoms with van der Waals surface area (Å²) in [4.78, 5) is 14.6. The molecule has 31 heavy (non-hydrogen) atoms. The van der Waals surface area contributed by atoms with E-state index in [1.165, 1.54) is 5.56 Å². The van der Waals surface area contributed by atoms with Crippen molar-refractivity contribution in [2.45, 2.75) is 32.4 Å². The molecule has 2 aromatic rings. The quantitative estimate of drug-likeness (QED) is 0.555. The molecule has 0 unspecified atom stereocenters. The average Bonchev–Trinajstić information content (AvgIpc) is 2.78. The van der Waals surface area contributed by atoms with Crippen LogP contribution in [0.2, 0.25) is 5.02 Å². The van der Waals surface area contributed by atoms with Crippen molar-refractivity contribution in [1.29, 1.82) is 0 Å². The van der Waals surface area contributed by atoms with Gasteiger partial charge in [0.05, 0.1) is 18.2 Å². The number of rotatable bonds is 10. The molecule has 6 nitrogen and oxygen atoms in total.